The molecule has 2 aromatic heterocycles. The molecule has 2 saturated heterocycles. The number of fused-ring (bicyclic) bond motifs is 2. The van der Waals surface area contributed by atoms with Crippen molar-refractivity contribution in [3.8, 4) is 5.75 Å². The van der Waals surface area contributed by atoms with Crippen molar-refractivity contribution in [2.75, 3.05) is 36.9 Å². The maximum atomic E-state index is 13.1. The molecule has 3 atom stereocenters. The third-order valence-electron chi connectivity index (χ3n) is 8.17. The van der Waals surface area contributed by atoms with E-state index in [9.17, 15) is 9.59 Å². The number of rotatable bonds is 4. The lowest BCUT2D eigenvalue weighted by Gasteiger charge is -2.38. The van der Waals surface area contributed by atoms with E-state index in [1.165, 1.54) is 11.3 Å². The van der Waals surface area contributed by atoms with E-state index >= 15 is 0 Å². The SMILES string of the molecule is Cc1ccc2c(N)c(C(=O)N[C@H]3COc4cc(N5C[C@H](NC(=O)OC(C)(C)C)[C@]6(CCCCO6)C5)ccc4C3)sc2n1. The van der Waals surface area contributed by atoms with Crippen molar-refractivity contribution in [1.29, 1.82) is 0 Å². The van der Waals surface area contributed by atoms with Crippen LogP contribution >= 0.6 is 11.3 Å². The van der Waals surface area contributed by atoms with E-state index in [1.54, 1.807) is 0 Å². The Kier molecular flexibility index (Phi) is 7.43. The Morgan fingerprint density at radius 2 is 2.02 bits per heavy atom. The van der Waals surface area contributed by atoms with Crippen molar-refractivity contribution in [1.82, 2.24) is 15.6 Å². The van der Waals surface area contributed by atoms with Gasteiger partial charge < -0.3 is 35.5 Å². The van der Waals surface area contributed by atoms with Crippen LogP contribution in [0.3, 0.4) is 0 Å². The largest absolute Gasteiger partial charge is 0.491 e. The fourth-order valence-electron chi connectivity index (χ4n) is 6.14. The predicted octanol–water partition coefficient (Wildman–Crippen LogP) is 4.57. The third kappa shape index (κ3) is 5.72. The van der Waals surface area contributed by atoms with Crippen LogP contribution in [0.15, 0.2) is 30.3 Å². The number of benzene rings is 1. The Labute approximate surface area is 249 Å². The van der Waals surface area contributed by atoms with Gasteiger partial charge in [0.05, 0.1) is 17.8 Å². The van der Waals surface area contributed by atoms with Crippen molar-refractivity contribution in [2.24, 2.45) is 0 Å². The van der Waals surface area contributed by atoms with E-state index in [1.807, 2.05) is 39.8 Å². The molecule has 6 rings (SSSR count). The molecule has 42 heavy (non-hydrogen) atoms. The van der Waals surface area contributed by atoms with Gasteiger partial charge in [-0.2, -0.15) is 0 Å². The van der Waals surface area contributed by atoms with E-state index < -0.39 is 17.3 Å². The Morgan fingerprint density at radius 3 is 2.79 bits per heavy atom. The second-order valence-corrected chi connectivity index (χ2v) is 13.6. The number of hydrogen-bond donors (Lipinski definition) is 3. The smallest absolute Gasteiger partial charge is 0.408 e. The molecule has 2 amide bonds. The molecule has 1 aromatic carbocycles. The van der Waals surface area contributed by atoms with Gasteiger partial charge in [-0.05, 0) is 77.1 Å². The lowest BCUT2D eigenvalue weighted by Crippen LogP contribution is -2.55. The van der Waals surface area contributed by atoms with Gasteiger partial charge >= 0.3 is 6.09 Å². The van der Waals surface area contributed by atoms with E-state index in [2.05, 4.69) is 38.7 Å². The first-order valence-electron chi connectivity index (χ1n) is 14.6. The van der Waals surface area contributed by atoms with Gasteiger partial charge in [-0.25, -0.2) is 9.78 Å². The van der Waals surface area contributed by atoms with Gasteiger partial charge in [0.1, 0.15) is 33.3 Å². The van der Waals surface area contributed by atoms with Gasteiger partial charge in [0, 0.05) is 42.5 Å². The van der Waals surface area contributed by atoms with Crippen molar-refractivity contribution >= 4 is 44.9 Å². The molecule has 3 aliphatic heterocycles. The number of aryl methyl sites for hydroxylation is 1. The molecule has 224 valence electrons. The summed E-state index contributed by atoms with van der Waals surface area (Å²) in [6.07, 6.45) is 3.20. The molecule has 11 heteroatoms. The third-order valence-corrected chi connectivity index (χ3v) is 9.28. The molecule has 0 bridgehead atoms. The molecule has 4 N–H and O–H groups in total. The van der Waals surface area contributed by atoms with E-state index in [0.717, 1.165) is 52.2 Å². The van der Waals surface area contributed by atoms with Crippen LogP contribution < -0.4 is 26.0 Å². The topological polar surface area (TPSA) is 128 Å². The molecule has 1 spiro atoms. The molecule has 5 heterocycles. The van der Waals surface area contributed by atoms with Crippen LogP contribution in [-0.2, 0) is 15.9 Å². The van der Waals surface area contributed by atoms with Gasteiger partial charge in [-0.3, -0.25) is 4.79 Å². The summed E-state index contributed by atoms with van der Waals surface area (Å²) in [4.78, 5) is 33.8. The number of pyridine rings is 1. The summed E-state index contributed by atoms with van der Waals surface area (Å²) in [6.45, 7) is 9.84. The second kappa shape index (κ2) is 10.9. The highest BCUT2D eigenvalue weighted by molar-refractivity contribution is 7.21. The first-order valence-corrected chi connectivity index (χ1v) is 15.4. The number of aromatic nitrogens is 1. The zero-order valence-corrected chi connectivity index (χ0v) is 25.4. The maximum Gasteiger partial charge on any atom is 0.408 e. The number of nitrogens with one attached hydrogen (secondary N) is 2. The number of amides is 2. The standard InChI is InChI=1S/C31H39N5O5S/c1-18-7-10-22-25(32)26(42-28(22)33-18)27(37)34-20-13-19-8-9-21(14-23(19)39-16-20)36-15-24(35-29(38)41-30(2,3)4)31(17-36)11-5-6-12-40-31/h7-10,14,20,24H,5-6,11-13,15-17,32H2,1-4H3,(H,34,37)(H,35,38)/t20-,24+,31+/m1/s1. The Morgan fingerprint density at radius 1 is 1.19 bits per heavy atom. The summed E-state index contributed by atoms with van der Waals surface area (Å²) >= 11 is 1.31. The normalized spacial score (nSPS) is 23.9. The number of carbonyl (C=O) groups is 2. The quantitative estimate of drug-likeness (QED) is 0.401. The first-order chi connectivity index (χ1) is 20.0. The average molecular weight is 594 g/mol. The number of hydrogen-bond acceptors (Lipinski definition) is 9. The van der Waals surface area contributed by atoms with Crippen LogP contribution in [0.1, 0.15) is 61.0 Å². The van der Waals surface area contributed by atoms with Crippen molar-refractivity contribution in [2.45, 2.75) is 76.7 Å². The predicted molar refractivity (Wildman–Crippen MR) is 164 cm³/mol. The Balaban J connectivity index is 1.13. The Bertz CT molecular complexity index is 1510. The minimum absolute atomic E-state index is 0.178. The molecular weight excluding hydrogens is 554 g/mol. The van der Waals surface area contributed by atoms with E-state index in [-0.39, 0.29) is 18.0 Å². The number of carbonyl (C=O) groups excluding carboxylic acids is 2. The molecule has 0 radical (unpaired) electrons. The first kappa shape index (κ1) is 28.5. The minimum atomic E-state index is -0.572. The molecule has 3 aromatic rings. The number of thiophene rings is 1. The highest BCUT2D eigenvalue weighted by Gasteiger charge is 2.50. The second-order valence-electron chi connectivity index (χ2n) is 12.6. The number of ether oxygens (including phenoxy) is 3. The monoisotopic (exact) mass is 593 g/mol. The van der Waals surface area contributed by atoms with Gasteiger partial charge in [0.15, 0.2) is 0 Å². The van der Waals surface area contributed by atoms with Gasteiger partial charge in [0.25, 0.3) is 5.91 Å². The number of nitrogens with two attached hydrogens (primary N) is 1. The molecular formula is C31H39N5O5S. The van der Waals surface area contributed by atoms with Crippen LogP contribution in [0.2, 0.25) is 0 Å². The average Bonchev–Trinajstić information content (AvgIpc) is 3.44. The number of alkyl carbamates (subject to hydrolysis) is 1. The fraction of sp³-hybridized carbons (Fsp3) is 0.516. The maximum absolute atomic E-state index is 13.1. The summed E-state index contributed by atoms with van der Waals surface area (Å²) in [5.74, 6) is 0.599. The minimum Gasteiger partial charge on any atom is -0.491 e. The van der Waals surface area contributed by atoms with Crippen LogP contribution in [0.5, 0.6) is 5.75 Å². The number of nitrogen functional groups attached to an aromatic ring is 1. The highest BCUT2D eigenvalue weighted by Crippen LogP contribution is 2.39. The van der Waals surface area contributed by atoms with Crippen molar-refractivity contribution < 1.29 is 23.8 Å². The number of anilines is 2. The lowest BCUT2D eigenvalue weighted by atomic mass is 9.89. The lowest BCUT2D eigenvalue weighted by molar-refractivity contribution is -0.0788. The zero-order valence-electron chi connectivity index (χ0n) is 24.6. The number of nitrogens with zero attached hydrogens (tertiary/aromatic N) is 2. The Hall–Kier alpha value is -3.57. The summed E-state index contributed by atoms with van der Waals surface area (Å²) in [5, 5.41) is 7.00. The van der Waals surface area contributed by atoms with Crippen molar-refractivity contribution in [3.05, 3.63) is 46.5 Å². The molecule has 0 aliphatic carbocycles. The zero-order chi connectivity index (χ0) is 29.6. The van der Waals surface area contributed by atoms with Gasteiger partial charge in [-0.15, -0.1) is 11.3 Å². The van der Waals surface area contributed by atoms with Crippen LogP contribution in [0.25, 0.3) is 10.2 Å². The van der Waals surface area contributed by atoms with Crippen LogP contribution in [0, 0.1) is 6.92 Å². The fourth-order valence-corrected chi connectivity index (χ4v) is 7.18. The van der Waals surface area contributed by atoms with Gasteiger partial charge in [0.2, 0.25) is 0 Å². The van der Waals surface area contributed by atoms with Crippen molar-refractivity contribution in [3.63, 3.8) is 0 Å². The van der Waals surface area contributed by atoms with Crippen LogP contribution in [-0.4, -0.2) is 66.6 Å². The molecule has 3 aliphatic rings. The molecule has 0 unspecified atom stereocenters. The molecule has 0 saturated carbocycles. The van der Waals surface area contributed by atoms with E-state index in [4.69, 9.17) is 19.9 Å². The summed E-state index contributed by atoms with van der Waals surface area (Å²) < 4.78 is 18.1. The summed E-state index contributed by atoms with van der Waals surface area (Å²) in [6, 6.07) is 9.64. The van der Waals surface area contributed by atoms with Gasteiger partial charge in [-0.1, -0.05) is 6.07 Å². The summed E-state index contributed by atoms with van der Waals surface area (Å²) in [5.41, 5.74) is 8.67. The van der Waals surface area contributed by atoms with Crippen LogP contribution in [0.4, 0.5) is 16.2 Å². The van der Waals surface area contributed by atoms with E-state index in [0.29, 0.717) is 43.3 Å². The summed E-state index contributed by atoms with van der Waals surface area (Å²) in [7, 11) is 0. The molecule has 10 nitrogen and oxygen atoms in total. The highest BCUT2D eigenvalue weighted by atomic mass is 32.1. The molecule has 2 fully saturated rings.